The predicted octanol–water partition coefficient (Wildman–Crippen LogP) is 0.740. The van der Waals surface area contributed by atoms with E-state index in [0.29, 0.717) is 0 Å². The van der Waals surface area contributed by atoms with Crippen molar-refractivity contribution in [1.29, 1.82) is 0 Å². The van der Waals surface area contributed by atoms with E-state index < -0.39 is 11.9 Å². The van der Waals surface area contributed by atoms with Crippen LogP contribution in [-0.2, 0) is 16.0 Å². The molecule has 0 aliphatic heterocycles. The van der Waals surface area contributed by atoms with E-state index in [1.165, 1.54) is 5.56 Å². The van der Waals surface area contributed by atoms with Crippen molar-refractivity contribution in [2.75, 3.05) is 7.11 Å². The minimum Gasteiger partial charge on any atom is -0.496 e. The molecule has 0 radical (unpaired) electrons. The molecule has 1 aromatic carbocycles. The lowest BCUT2D eigenvalue weighted by molar-refractivity contribution is -0.159. The second-order valence-electron chi connectivity index (χ2n) is 3.60. The summed E-state index contributed by atoms with van der Waals surface area (Å²) in [5, 5.41) is 14.8. The summed E-state index contributed by atoms with van der Waals surface area (Å²) in [7, 11) is 1.68. The Balaban J connectivity index is 0.000000411. The number of benzene rings is 1. The molecule has 0 bridgehead atoms. The number of hydrogen-bond donors (Lipinski definition) is 3. The largest absolute Gasteiger partial charge is 0.496 e. The summed E-state index contributed by atoms with van der Waals surface area (Å²) >= 11 is 0. The molecule has 1 aromatic rings. The van der Waals surface area contributed by atoms with Crippen molar-refractivity contribution in [3.05, 3.63) is 29.8 Å². The monoisotopic (exact) mass is 255 g/mol. The van der Waals surface area contributed by atoms with Gasteiger partial charge in [0.1, 0.15) is 5.75 Å². The minimum atomic E-state index is -1.82. The molecule has 4 N–H and O–H groups in total. The fraction of sp³-hybridized carbons (Fsp3) is 0.333. The van der Waals surface area contributed by atoms with Crippen molar-refractivity contribution < 1.29 is 24.5 Å². The molecule has 100 valence electrons. The van der Waals surface area contributed by atoms with E-state index in [2.05, 4.69) is 0 Å². The number of para-hydroxylation sites is 1. The van der Waals surface area contributed by atoms with Gasteiger partial charge in [-0.2, -0.15) is 0 Å². The first-order valence-corrected chi connectivity index (χ1v) is 5.22. The van der Waals surface area contributed by atoms with Gasteiger partial charge in [0.25, 0.3) is 0 Å². The van der Waals surface area contributed by atoms with E-state index in [-0.39, 0.29) is 6.04 Å². The minimum absolute atomic E-state index is 0.182. The fourth-order valence-corrected chi connectivity index (χ4v) is 1.22. The van der Waals surface area contributed by atoms with Gasteiger partial charge in [-0.1, -0.05) is 18.2 Å². The van der Waals surface area contributed by atoms with Crippen molar-refractivity contribution in [1.82, 2.24) is 0 Å². The van der Waals surface area contributed by atoms with Crippen LogP contribution in [0.15, 0.2) is 24.3 Å². The van der Waals surface area contributed by atoms with Crippen LogP contribution in [0.1, 0.15) is 12.5 Å². The van der Waals surface area contributed by atoms with Crippen molar-refractivity contribution in [2.24, 2.45) is 5.73 Å². The van der Waals surface area contributed by atoms with E-state index in [4.69, 9.17) is 30.3 Å². The number of hydrogen-bond acceptors (Lipinski definition) is 4. The van der Waals surface area contributed by atoms with E-state index in [1.807, 2.05) is 31.2 Å². The fourth-order valence-electron chi connectivity index (χ4n) is 1.22. The molecule has 18 heavy (non-hydrogen) atoms. The smallest absolute Gasteiger partial charge is 0.414 e. The number of aliphatic carboxylic acids is 2. The van der Waals surface area contributed by atoms with E-state index >= 15 is 0 Å². The Morgan fingerprint density at radius 3 is 2.17 bits per heavy atom. The molecule has 0 heterocycles. The summed E-state index contributed by atoms with van der Waals surface area (Å²) in [4.78, 5) is 18.2. The number of methoxy groups -OCH3 is 1. The van der Waals surface area contributed by atoms with Gasteiger partial charge in [0.15, 0.2) is 0 Å². The van der Waals surface area contributed by atoms with Crippen LogP contribution in [0.5, 0.6) is 5.75 Å². The second-order valence-corrected chi connectivity index (χ2v) is 3.60. The zero-order chi connectivity index (χ0) is 14.1. The van der Waals surface area contributed by atoms with E-state index in [1.54, 1.807) is 7.11 Å². The van der Waals surface area contributed by atoms with Gasteiger partial charge in [-0.25, -0.2) is 9.59 Å². The van der Waals surface area contributed by atoms with Gasteiger partial charge < -0.3 is 20.7 Å². The highest BCUT2D eigenvalue weighted by atomic mass is 16.5. The second kappa shape index (κ2) is 8.08. The molecule has 0 spiro atoms. The molecule has 0 saturated heterocycles. The SMILES string of the molecule is COc1ccccc1CC(C)N.O=C(O)C(=O)O. The van der Waals surface area contributed by atoms with Crippen LogP contribution in [0, 0.1) is 0 Å². The number of carboxylic acids is 2. The first-order chi connectivity index (χ1) is 8.38. The highest BCUT2D eigenvalue weighted by molar-refractivity contribution is 6.27. The van der Waals surface area contributed by atoms with Crippen molar-refractivity contribution in [2.45, 2.75) is 19.4 Å². The summed E-state index contributed by atoms with van der Waals surface area (Å²) in [6.07, 6.45) is 0.865. The number of carboxylic acid groups (broad SMARTS) is 2. The van der Waals surface area contributed by atoms with Gasteiger partial charge >= 0.3 is 11.9 Å². The predicted molar refractivity (Wildman–Crippen MR) is 65.6 cm³/mol. The summed E-state index contributed by atoms with van der Waals surface area (Å²) in [6.45, 7) is 1.99. The lowest BCUT2D eigenvalue weighted by Gasteiger charge is -2.09. The van der Waals surface area contributed by atoms with Crippen LogP contribution in [0.3, 0.4) is 0 Å². The molecular weight excluding hydrogens is 238 g/mol. The molecule has 1 unspecified atom stereocenters. The molecule has 0 aromatic heterocycles. The maximum Gasteiger partial charge on any atom is 0.414 e. The Labute approximate surface area is 105 Å². The number of carbonyl (C=O) groups is 2. The summed E-state index contributed by atoms with van der Waals surface area (Å²) in [5.74, 6) is -2.72. The highest BCUT2D eigenvalue weighted by Gasteiger charge is 2.04. The first-order valence-electron chi connectivity index (χ1n) is 5.22. The number of ether oxygens (including phenoxy) is 1. The molecule has 1 atom stereocenters. The third-order valence-corrected chi connectivity index (χ3v) is 1.92. The summed E-state index contributed by atoms with van der Waals surface area (Å²) < 4.78 is 5.19. The van der Waals surface area contributed by atoms with Gasteiger partial charge in [-0.3, -0.25) is 0 Å². The first kappa shape index (κ1) is 15.9. The quantitative estimate of drug-likeness (QED) is 0.687. The molecule has 0 amide bonds. The van der Waals surface area contributed by atoms with Crippen LogP contribution >= 0.6 is 0 Å². The molecule has 6 nitrogen and oxygen atoms in total. The van der Waals surface area contributed by atoms with Gasteiger partial charge in [0.2, 0.25) is 0 Å². The third-order valence-electron chi connectivity index (χ3n) is 1.92. The molecule has 0 aliphatic carbocycles. The Kier molecular flexibility index (Phi) is 7.14. The maximum absolute atomic E-state index is 9.10. The average molecular weight is 255 g/mol. The van der Waals surface area contributed by atoms with E-state index in [9.17, 15) is 0 Å². The van der Waals surface area contributed by atoms with Gasteiger partial charge in [-0.05, 0) is 25.0 Å². The molecule has 0 saturated carbocycles. The van der Waals surface area contributed by atoms with Crippen LogP contribution in [0.2, 0.25) is 0 Å². The van der Waals surface area contributed by atoms with Crippen LogP contribution in [-0.4, -0.2) is 35.3 Å². The van der Waals surface area contributed by atoms with Gasteiger partial charge in [0, 0.05) is 6.04 Å². The molecule has 6 heteroatoms. The van der Waals surface area contributed by atoms with Crippen LogP contribution in [0.25, 0.3) is 0 Å². The normalized spacial score (nSPS) is 10.8. The Morgan fingerprint density at radius 2 is 1.78 bits per heavy atom. The Bertz CT molecular complexity index is 391. The lowest BCUT2D eigenvalue weighted by atomic mass is 10.1. The topological polar surface area (TPSA) is 110 Å². The molecular formula is C12H17NO5. The summed E-state index contributed by atoms with van der Waals surface area (Å²) in [5.41, 5.74) is 6.87. The third kappa shape index (κ3) is 6.49. The Hall–Kier alpha value is -2.08. The van der Waals surface area contributed by atoms with Crippen molar-refractivity contribution >= 4 is 11.9 Å². The molecule has 0 fully saturated rings. The summed E-state index contributed by atoms with van der Waals surface area (Å²) in [6, 6.07) is 8.14. The van der Waals surface area contributed by atoms with Crippen LogP contribution < -0.4 is 10.5 Å². The van der Waals surface area contributed by atoms with Crippen LogP contribution in [0.4, 0.5) is 0 Å². The van der Waals surface area contributed by atoms with Crippen molar-refractivity contribution in [3.63, 3.8) is 0 Å². The average Bonchev–Trinajstić information content (AvgIpc) is 2.29. The Morgan fingerprint density at radius 1 is 1.28 bits per heavy atom. The molecule has 0 aliphatic rings. The zero-order valence-corrected chi connectivity index (χ0v) is 10.3. The highest BCUT2D eigenvalue weighted by Crippen LogP contribution is 2.18. The van der Waals surface area contributed by atoms with Gasteiger partial charge in [-0.15, -0.1) is 0 Å². The molecule has 1 rings (SSSR count). The maximum atomic E-state index is 9.10. The van der Waals surface area contributed by atoms with Gasteiger partial charge in [0.05, 0.1) is 7.11 Å². The van der Waals surface area contributed by atoms with E-state index in [0.717, 1.165) is 12.2 Å². The lowest BCUT2D eigenvalue weighted by Crippen LogP contribution is -2.18. The van der Waals surface area contributed by atoms with Crippen molar-refractivity contribution in [3.8, 4) is 5.75 Å². The zero-order valence-electron chi connectivity index (χ0n) is 10.3. The standard InChI is InChI=1S/C10H15NO.C2H2O4/c1-8(11)7-9-5-3-4-6-10(9)12-2;3-1(4)2(5)6/h3-6,8H,7,11H2,1-2H3;(H,3,4)(H,5,6). The number of rotatable bonds is 3. The number of nitrogens with two attached hydrogens (primary N) is 1.